The summed E-state index contributed by atoms with van der Waals surface area (Å²) in [4.78, 5) is 12.2. The van der Waals surface area contributed by atoms with Gasteiger partial charge in [-0.1, -0.05) is 48.7 Å². The number of aromatic amines is 1. The minimum atomic E-state index is -4.03. The van der Waals surface area contributed by atoms with Crippen molar-refractivity contribution in [1.82, 2.24) is 10.2 Å². The highest BCUT2D eigenvalue weighted by Crippen LogP contribution is 2.29. The molecule has 1 heterocycles. The van der Waals surface area contributed by atoms with Crippen LogP contribution in [0.5, 0.6) is 0 Å². The summed E-state index contributed by atoms with van der Waals surface area (Å²) in [5, 5.41) is 9.66. The second-order valence-corrected chi connectivity index (χ2v) is 8.68. The van der Waals surface area contributed by atoms with E-state index in [9.17, 15) is 13.2 Å². The molecule has 0 unspecified atom stereocenters. The normalized spacial score (nSPS) is 11.3. The fraction of sp³-hybridized carbons (Fsp3) is 0.158. The Kier molecular flexibility index (Phi) is 6.46. The van der Waals surface area contributed by atoms with E-state index in [0.29, 0.717) is 0 Å². The van der Waals surface area contributed by atoms with Crippen molar-refractivity contribution < 1.29 is 13.2 Å². The largest absolute Gasteiger partial charge is 0.321 e. The quantitative estimate of drug-likeness (QED) is 0.482. The average molecular weight is 453 g/mol. The third kappa shape index (κ3) is 5.09. The summed E-state index contributed by atoms with van der Waals surface area (Å²) in [6.07, 6.45) is 1.69. The van der Waals surface area contributed by atoms with Crippen molar-refractivity contribution in [3.8, 4) is 0 Å². The van der Waals surface area contributed by atoms with Gasteiger partial charge in [0.2, 0.25) is 0 Å². The van der Waals surface area contributed by atoms with E-state index in [4.69, 9.17) is 23.2 Å². The zero-order valence-corrected chi connectivity index (χ0v) is 17.7. The predicted octanol–water partition coefficient (Wildman–Crippen LogP) is 4.72. The molecule has 3 rings (SSSR count). The minimum Gasteiger partial charge on any atom is -0.321 e. The molecule has 152 valence electrons. The Morgan fingerprint density at radius 1 is 1.10 bits per heavy atom. The van der Waals surface area contributed by atoms with Crippen LogP contribution >= 0.6 is 23.2 Å². The highest BCUT2D eigenvalue weighted by molar-refractivity contribution is 7.92. The van der Waals surface area contributed by atoms with Crippen molar-refractivity contribution in [2.24, 2.45) is 0 Å². The molecule has 3 N–H and O–H groups in total. The number of rotatable bonds is 7. The SMILES string of the molecule is CCCc1cc(C(=O)Nc2ccc(Cl)c(S(=O)(=O)Nc3ccccc3Cl)c2)n[nH]1. The molecule has 1 aromatic heterocycles. The highest BCUT2D eigenvalue weighted by Gasteiger charge is 2.21. The molecular weight excluding hydrogens is 435 g/mol. The smallest absolute Gasteiger partial charge is 0.276 e. The van der Waals surface area contributed by atoms with Gasteiger partial charge in [0.05, 0.1) is 15.7 Å². The summed E-state index contributed by atoms with van der Waals surface area (Å²) in [5.41, 5.74) is 1.54. The molecule has 0 saturated heterocycles. The standard InChI is InChI=1S/C19H18Cl2N4O3S/c1-2-5-13-10-17(24-23-13)19(26)22-12-8-9-15(21)18(11-12)29(27,28)25-16-7-4-3-6-14(16)20/h3-4,6-11,25H,2,5H2,1H3,(H,22,26)(H,23,24). The lowest BCUT2D eigenvalue weighted by Gasteiger charge is -2.12. The number of H-pyrrole nitrogens is 1. The van der Waals surface area contributed by atoms with E-state index in [1.54, 1.807) is 24.3 Å². The van der Waals surface area contributed by atoms with Crippen LogP contribution < -0.4 is 10.0 Å². The van der Waals surface area contributed by atoms with E-state index >= 15 is 0 Å². The number of sulfonamides is 1. The zero-order valence-electron chi connectivity index (χ0n) is 15.4. The summed E-state index contributed by atoms with van der Waals surface area (Å²) >= 11 is 12.1. The lowest BCUT2D eigenvalue weighted by Crippen LogP contribution is -2.16. The maximum atomic E-state index is 12.8. The van der Waals surface area contributed by atoms with Crippen LogP contribution in [0.15, 0.2) is 53.4 Å². The van der Waals surface area contributed by atoms with E-state index in [2.05, 4.69) is 20.2 Å². The molecule has 0 aliphatic carbocycles. The number of carbonyl (C=O) groups excluding carboxylic acids is 1. The fourth-order valence-electron chi connectivity index (χ4n) is 2.60. The Labute approximate surface area is 178 Å². The van der Waals surface area contributed by atoms with Gasteiger partial charge in [0.25, 0.3) is 15.9 Å². The molecule has 29 heavy (non-hydrogen) atoms. The first-order valence-corrected chi connectivity index (χ1v) is 11.0. The fourth-order valence-corrected chi connectivity index (χ4v) is 4.45. The lowest BCUT2D eigenvalue weighted by atomic mass is 10.2. The Balaban J connectivity index is 1.83. The second-order valence-electron chi connectivity index (χ2n) is 6.21. The Hall–Kier alpha value is -2.55. The molecule has 0 saturated carbocycles. The third-order valence-electron chi connectivity index (χ3n) is 3.98. The van der Waals surface area contributed by atoms with Crippen molar-refractivity contribution in [1.29, 1.82) is 0 Å². The number of nitrogens with zero attached hydrogens (tertiary/aromatic N) is 1. The van der Waals surface area contributed by atoms with Gasteiger partial charge in [-0.05, 0) is 42.8 Å². The number of carbonyl (C=O) groups is 1. The lowest BCUT2D eigenvalue weighted by molar-refractivity contribution is 0.102. The number of para-hydroxylation sites is 1. The number of nitrogens with one attached hydrogen (secondary N) is 3. The Morgan fingerprint density at radius 2 is 1.86 bits per heavy atom. The van der Waals surface area contributed by atoms with Crippen molar-refractivity contribution in [3.05, 3.63) is 70.0 Å². The molecule has 0 aliphatic heterocycles. The van der Waals surface area contributed by atoms with Crippen molar-refractivity contribution >= 4 is 50.5 Å². The first-order valence-electron chi connectivity index (χ1n) is 8.72. The van der Waals surface area contributed by atoms with Crippen molar-refractivity contribution in [3.63, 3.8) is 0 Å². The third-order valence-corrected chi connectivity index (χ3v) is 6.16. The number of halogens is 2. The second kappa shape index (κ2) is 8.86. The maximum Gasteiger partial charge on any atom is 0.276 e. The van der Waals surface area contributed by atoms with Crippen LogP contribution in [0.25, 0.3) is 0 Å². The molecule has 2 aromatic carbocycles. The van der Waals surface area contributed by atoms with Crippen LogP contribution in [0, 0.1) is 0 Å². The van der Waals surface area contributed by atoms with Crippen LogP contribution in [-0.4, -0.2) is 24.5 Å². The first kappa shape index (κ1) is 21.2. The number of amides is 1. The van der Waals surface area contributed by atoms with Gasteiger partial charge in [0, 0.05) is 11.4 Å². The average Bonchev–Trinajstić information content (AvgIpc) is 3.14. The first-order chi connectivity index (χ1) is 13.8. The van der Waals surface area contributed by atoms with E-state index in [-0.39, 0.29) is 32.0 Å². The molecule has 10 heteroatoms. The summed E-state index contributed by atoms with van der Waals surface area (Å²) in [6.45, 7) is 2.02. The number of hydrogen-bond donors (Lipinski definition) is 3. The van der Waals surface area contributed by atoms with Gasteiger partial charge in [0.1, 0.15) is 4.90 Å². The molecule has 0 radical (unpaired) electrons. The molecule has 7 nitrogen and oxygen atoms in total. The van der Waals surface area contributed by atoms with E-state index in [0.717, 1.165) is 18.5 Å². The van der Waals surface area contributed by atoms with Gasteiger partial charge in [-0.2, -0.15) is 5.10 Å². The summed E-state index contributed by atoms with van der Waals surface area (Å²) in [6, 6.07) is 12.3. The molecule has 0 aliphatic rings. The van der Waals surface area contributed by atoms with Gasteiger partial charge in [0.15, 0.2) is 5.69 Å². The van der Waals surface area contributed by atoms with E-state index in [1.807, 2.05) is 6.92 Å². The topological polar surface area (TPSA) is 104 Å². The van der Waals surface area contributed by atoms with E-state index in [1.165, 1.54) is 24.3 Å². The molecule has 0 spiro atoms. The molecule has 3 aromatic rings. The predicted molar refractivity (Wildman–Crippen MR) is 114 cm³/mol. The Bertz CT molecular complexity index is 1150. The monoisotopic (exact) mass is 452 g/mol. The summed E-state index contributed by atoms with van der Waals surface area (Å²) < 4.78 is 27.9. The van der Waals surface area contributed by atoms with Crippen molar-refractivity contribution in [2.45, 2.75) is 24.7 Å². The van der Waals surface area contributed by atoms with Gasteiger partial charge >= 0.3 is 0 Å². The zero-order chi connectivity index (χ0) is 21.0. The molecule has 1 amide bonds. The van der Waals surface area contributed by atoms with Gasteiger partial charge < -0.3 is 5.32 Å². The van der Waals surface area contributed by atoms with Gasteiger partial charge in [-0.25, -0.2) is 8.42 Å². The van der Waals surface area contributed by atoms with E-state index < -0.39 is 15.9 Å². The Morgan fingerprint density at radius 3 is 2.59 bits per heavy atom. The van der Waals surface area contributed by atoms with Crippen LogP contribution in [-0.2, 0) is 16.4 Å². The number of hydrogen-bond acceptors (Lipinski definition) is 4. The summed E-state index contributed by atoms with van der Waals surface area (Å²) in [5.74, 6) is -0.465. The molecule has 0 atom stereocenters. The number of anilines is 2. The number of aromatic nitrogens is 2. The van der Waals surface area contributed by atoms with Crippen LogP contribution in [0.3, 0.4) is 0 Å². The minimum absolute atomic E-state index is 0.00699. The van der Waals surface area contributed by atoms with Gasteiger partial charge in [-0.15, -0.1) is 0 Å². The molecule has 0 fully saturated rings. The van der Waals surface area contributed by atoms with Crippen LogP contribution in [0.1, 0.15) is 29.5 Å². The number of benzene rings is 2. The molecular formula is C19H18Cl2N4O3S. The van der Waals surface area contributed by atoms with Crippen LogP contribution in [0.2, 0.25) is 10.0 Å². The molecule has 0 bridgehead atoms. The number of aryl methyl sites for hydroxylation is 1. The van der Waals surface area contributed by atoms with Gasteiger partial charge in [-0.3, -0.25) is 14.6 Å². The highest BCUT2D eigenvalue weighted by atomic mass is 35.5. The summed E-state index contributed by atoms with van der Waals surface area (Å²) in [7, 11) is -4.03. The van der Waals surface area contributed by atoms with Crippen LogP contribution in [0.4, 0.5) is 11.4 Å². The van der Waals surface area contributed by atoms with Crippen molar-refractivity contribution in [2.75, 3.05) is 10.0 Å². The maximum absolute atomic E-state index is 12.8.